The summed E-state index contributed by atoms with van der Waals surface area (Å²) in [5.41, 5.74) is 11.8. The lowest BCUT2D eigenvalue weighted by Crippen LogP contribution is -2.58. The normalized spacial score (nSPS) is 14.3. The number of carboxylic acid groups (broad SMARTS) is 2. The van der Waals surface area contributed by atoms with Crippen molar-refractivity contribution in [3.05, 3.63) is 18.2 Å². The summed E-state index contributed by atoms with van der Waals surface area (Å²) in [4.78, 5) is 66.2. The third kappa shape index (κ3) is 9.93. The van der Waals surface area contributed by atoms with E-state index in [4.69, 9.17) is 21.7 Å². The van der Waals surface area contributed by atoms with Gasteiger partial charge in [0.1, 0.15) is 18.1 Å². The standard InChI is InChI=1S/C19H31N7O8/c20-4-2-1-3-11(21)16(30)24-12(5-10-7-22-9-23-10)17(31)26-14(8-27)18(32)25-13(19(33)34)6-15(28)29/h7,9,11-14,27H,1-6,8,20-21H2,(H,22,23)(H,24,30)(H,25,32)(H,26,31)(H,28,29)(H,33,34). The molecule has 0 saturated carbocycles. The van der Waals surface area contributed by atoms with Gasteiger partial charge in [0.05, 0.1) is 25.4 Å². The molecule has 0 aliphatic heterocycles. The number of aromatic amines is 1. The van der Waals surface area contributed by atoms with Crippen molar-refractivity contribution in [3.8, 4) is 0 Å². The van der Waals surface area contributed by atoms with Crippen molar-refractivity contribution < 1.29 is 39.3 Å². The molecule has 0 radical (unpaired) electrons. The monoisotopic (exact) mass is 485 g/mol. The zero-order chi connectivity index (χ0) is 25.7. The minimum Gasteiger partial charge on any atom is -0.481 e. The molecular formula is C19H31N7O8. The number of hydrogen-bond donors (Lipinski definition) is 9. The molecule has 0 aliphatic rings. The van der Waals surface area contributed by atoms with Gasteiger partial charge >= 0.3 is 11.9 Å². The van der Waals surface area contributed by atoms with Crippen LogP contribution < -0.4 is 27.4 Å². The van der Waals surface area contributed by atoms with Gasteiger partial charge in [0.15, 0.2) is 0 Å². The summed E-state index contributed by atoms with van der Waals surface area (Å²) in [6.07, 6.45) is 3.44. The Morgan fingerprint density at radius 2 is 1.59 bits per heavy atom. The van der Waals surface area contributed by atoms with E-state index in [9.17, 15) is 29.1 Å². The molecule has 15 heteroatoms. The highest BCUT2D eigenvalue weighted by atomic mass is 16.4. The number of unbranched alkanes of at least 4 members (excludes halogenated alkanes) is 1. The number of nitrogens with two attached hydrogens (primary N) is 2. The van der Waals surface area contributed by atoms with Gasteiger partial charge in [-0.1, -0.05) is 6.42 Å². The molecule has 1 aromatic rings. The van der Waals surface area contributed by atoms with E-state index in [2.05, 4.69) is 20.6 Å². The zero-order valence-corrected chi connectivity index (χ0v) is 18.4. The van der Waals surface area contributed by atoms with E-state index in [0.717, 1.165) is 0 Å². The topological polar surface area (TPSA) is 263 Å². The number of aliphatic carboxylic acids is 2. The van der Waals surface area contributed by atoms with Crippen molar-refractivity contribution in [3.63, 3.8) is 0 Å². The van der Waals surface area contributed by atoms with E-state index in [0.29, 0.717) is 31.5 Å². The van der Waals surface area contributed by atoms with Crippen LogP contribution >= 0.6 is 0 Å². The molecule has 1 aromatic heterocycles. The predicted octanol–water partition coefficient (Wildman–Crippen LogP) is -3.59. The molecule has 0 aromatic carbocycles. The molecule has 15 nitrogen and oxygen atoms in total. The Bertz CT molecular complexity index is 833. The number of imidazole rings is 1. The van der Waals surface area contributed by atoms with E-state index in [1.165, 1.54) is 12.5 Å². The average Bonchev–Trinajstić information content (AvgIpc) is 3.29. The number of aromatic nitrogens is 2. The Balaban J connectivity index is 2.89. The number of nitrogens with one attached hydrogen (secondary N) is 4. The van der Waals surface area contributed by atoms with Crippen LogP contribution in [0.5, 0.6) is 0 Å². The zero-order valence-electron chi connectivity index (χ0n) is 18.4. The minimum atomic E-state index is -1.78. The molecular weight excluding hydrogens is 454 g/mol. The fourth-order valence-electron chi connectivity index (χ4n) is 2.86. The molecule has 190 valence electrons. The number of aliphatic hydroxyl groups excluding tert-OH is 1. The Morgan fingerprint density at radius 3 is 2.12 bits per heavy atom. The highest BCUT2D eigenvalue weighted by Crippen LogP contribution is 2.04. The van der Waals surface area contributed by atoms with Crippen LogP contribution in [-0.4, -0.2) is 92.3 Å². The number of amides is 3. The van der Waals surface area contributed by atoms with Crippen molar-refractivity contribution in [2.45, 2.75) is 56.3 Å². The molecule has 0 spiro atoms. The number of H-pyrrole nitrogens is 1. The van der Waals surface area contributed by atoms with Gasteiger partial charge in [0.2, 0.25) is 17.7 Å². The molecule has 1 rings (SSSR count). The second-order valence-electron chi connectivity index (χ2n) is 7.47. The van der Waals surface area contributed by atoms with E-state index in [-0.39, 0.29) is 6.42 Å². The minimum absolute atomic E-state index is 0.0520. The summed E-state index contributed by atoms with van der Waals surface area (Å²) in [6, 6.07) is -5.51. The lowest BCUT2D eigenvalue weighted by molar-refractivity contribution is -0.147. The largest absolute Gasteiger partial charge is 0.481 e. The first-order valence-corrected chi connectivity index (χ1v) is 10.5. The van der Waals surface area contributed by atoms with Crippen molar-refractivity contribution in [2.24, 2.45) is 11.5 Å². The molecule has 1 heterocycles. The average molecular weight is 485 g/mol. The van der Waals surface area contributed by atoms with Crippen LogP contribution in [0.3, 0.4) is 0 Å². The lowest BCUT2D eigenvalue weighted by Gasteiger charge is -2.24. The van der Waals surface area contributed by atoms with Crippen molar-refractivity contribution in [1.82, 2.24) is 25.9 Å². The first-order chi connectivity index (χ1) is 16.1. The van der Waals surface area contributed by atoms with Crippen molar-refractivity contribution in [2.75, 3.05) is 13.2 Å². The molecule has 34 heavy (non-hydrogen) atoms. The molecule has 4 atom stereocenters. The van der Waals surface area contributed by atoms with Gasteiger partial charge in [-0.15, -0.1) is 0 Å². The summed E-state index contributed by atoms with van der Waals surface area (Å²) in [5.74, 6) is -5.67. The Kier molecular flexibility index (Phi) is 12.2. The van der Waals surface area contributed by atoms with Crippen LogP contribution in [0.15, 0.2) is 12.5 Å². The van der Waals surface area contributed by atoms with Crippen LogP contribution in [-0.2, 0) is 30.4 Å². The maximum absolute atomic E-state index is 12.8. The quantitative estimate of drug-likeness (QED) is 0.103. The van der Waals surface area contributed by atoms with Gasteiger partial charge < -0.3 is 47.7 Å². The van der Waals surface area contributed by atoms with Gasteiger partial charge in [-0.2, -0.15) is 0 Å². The summed E-state index contributed by atoms with van der Waals surface area (Å²) < 4.78 is 0. The molecule has 0 fully saturated rings. The molecule has 3 amide bonds. The van der Waals surface area contributed by atoms with E-state index >= 15 is 0 Å². The number of rotatable bonds is 16. The summed E-state index contributed by atoms with van der Waals surface area (Å²) >= 11 is 0. The number of nitrogens with zero attached hydrogens (tertiary/aromatic N) is 1. The van der Waals surface area contributed by atoms with E-state index in [1.807, 2.05) is 5.32 Å². The van der Waals surface area contributed by atoms with Gasteiger partial charge in [-0.3, -0.25) is 19.2 Å². The predicted molar refractivity (Wildman–Crippen MR) is 116 cm³/mol. The maximum Gasteiger partial charge on any atom is 0.326 e. The Morgan fingerprint density at radius 1 is 0.971 bits per heavy atom. The smallest absolute Gasteiger partial charge is 0.326 e. The number of carbonyl (C=O) groups is 5. The number of carboxylic acids is 2. The van der Waals surface area contributed by atoms with Crippen LogP contribution in [0, 0.1) is 0 Å². The van der Waals surface area contributed by atoms with Gasteiger partial charge in [0, 0.05) is 18.3 Å². The van der Waals surface area contributed by atoms with Crippen LogP contribution in [0.2, 0.25) is 0 Å². The molecule has 0 aliphatic carbocycles. The molecule has 4 unspecified atom stereocenters. The molecule has 11 N–H and O–H groups in total. The summed E-state index contributed by atoms with van der Waals surface area (Å²) in [6.45, 7) is -0.473. The van der Waals surface area contributed by atoms with E-state index in [1.54, 1.807) is 0 Å². The highest BCUT2D eigenvalue weighted by Gasteiger charge is 2.31. The first kappa shape index (κ1) is 28.5. The molecule has 0 bridgehead atoms. The second kappa shape index (κ2) is 14.6. The van der Waals surface area contributed by atoms with Crippen molar-refractivity contribution in [1.29, 1.82) is 0 Å². The Labute approximate surface area is 194 Å². The fourth-order valence-corrected chi connectivity index (χ4v) is 2.86. The van der Waals surface area contributed by atoms with Gasteiger partial charge in [-0.25, -0.2) is 9.78 Å². The van der Waals surface area contributed by atoms with Crippen LogP contribution in [0.1, 0.15) is 31.4 Å². The van der Waals surface area contributed by atoms with Crippen LogP contribution in [0.4, 0.5) is 0 Å². The maximum atomic E-state index is 12.8. The SMILES string of the molecule is NCCCCC(N)C(=O)NC(Cc1cnc[nH]1)C(=O)NC(CO)C(=O)NC(CC(=O)O)C(=O)O. The van der Waals surface area contributed by atoms with Gasteiger partial charge in [-0.05, 0) is 19.4 Å². The summed E-state index contributed by atoms with van der Waals surface area (Å²) in [5, 5.41) is 34.0. The Hall–Kier alpha value is -3.56. The first-order valence-electron chi connectivity index (χ1n) is 10.5. The lowest BCUT2D eigenvalue weighted by atomic mass is 10.1. The van der Waals surface area contributed by atoms with Gasteiger partial charge in [0.25, 0.3) is 0 Å². The van der Waals surface area contributed by atoms with Crippen molar-refractivity contribution >= 4 is 29.7 Å². The van der Waals surface area contributed by atoms with E-state index < -0.39 is 66.9 Å². The third-order valence-corrected chi connectivity index (χ3v) is 4.73. The second-order valence-corrected chi connectivity index (χ2v) is 7.47. The third-order valence-electron chi connectivity index (χ3n) is 4.73. The number of hydrogen-bond acceptors (Lipinski definition) is 9. The highest BCUT2D eigenvalue weighted by molar-refractivity contribution is 5.94. The number of carbonyl (C=O) groups excluding carboxylic acids is 3. The summed E-state index contributed by atoms with van der Waals surface area (Å²) in [7, 11) is 0. The number of aliphatic hydroxyl groups is 1. The molecule has 0 saturated heterocycles. The fraction of sp³-hybridized carbons (Fsp3) is 0.579. The van der Waals surface area contributed by atoms with Crippen LogP contribution in [0.25, 0.3) is 0 Å².